The fourth-order valence-electron chi connectivity index (χ4n) is 1.32. The van der Waals surface area contributed by atoms with E-state index in [0.717, 1.165) is 0 Å². The van der Waals surface area contributed by atoms with Gasteiger partial charge in [-0.05, 0) is 34.1 Å². The molecule has 1 atom stereocenters. The maximum absolute atomic E-state index is 12.9. The first-order chi connectivity index (χ1) is 8.93. The highest BCUT2D eigenvalue weighted by Gasteiger charge is 2.21. The van der Waals surface area contributed by atoms with Gasteiger partial charge < -0.3 is 14.8 Å². The topological polar surface area (TPSA) is 64.6 Å². The van der Waals surface area contributed by atoms with Crippen molar-refractivity contribution in [3.63, 3.8) is 0 Å². The Labute approximate surface area is 118 Å². The Morgan fingerprint density at radius 3 is 2.68 bits per heavy atom. The Morgan fingerprint density at radius 1 is 1.47 bits per heavy atom. The Morgan fingerprint density at radius 2 is 2.16 bits per heavy atom. The van der Waals surface area contributed by atoms with Gasteiger partial charge in [0.25, 0.3) is 0 Å². The lowest BCUT2D eigenvalue weighted by atomic mass is 10.3. The monoisotopic (exact) mass is 333 g/mol. The number of esters is 1. The van der Waals surface area contributed by atoms with Gasteiger partial charge in [-0.25, -0.2) is 9.18 Å². The highest BCUT2D eigenvalue weighted by atomic mass is 79.9. The lowest BCUT2D eigenvalue weighted by Gasteiger charge is -2.16. The zero-order valence-corrected chi connectivity index (χ0v) is 12.0. The standard InChI is InChI=1S/C12H13BrFNO4/c1-7(16)15-10(12(17)18-2)6-19-11-4-3-8(14)5-9(11)13/h3-5,10H,6H2,1-2H3,(H,15,16). The molecule has 0 spiro atoms. The molecular weight excluding hydrogens is 321 g/mol. The van der Waals surface area contributed by atoms with Crippen molar-refractivity contribution < 1.29 is 23.5 Å². The van der Waals surface area contributed by atoms with E-state index in [1.54, 1.807) is 0 Å². The number of carbonyl (C=O) groups excluding carboxylic acids is 2. The number of nitrogens with one attached hydrogen (secondary N) is 1. The van der Waals surface area contributed by atoms with E-state index in [1.807, 2.05) is 0 Å². The quantitative estimate of drug-likeness (QED) is 0.832. The van der Waals surface area contributed by atoms with Gasteiger partial charge in [0.1, 0.15) is 18.2 Å². The predicted molar refractivity (Wildman–Crippen MR) is 69.2 cm³/mol. The molecule has 1 aromatic carbocycles. The smallest absolute Gasteiger partial charge is 0.331 e. The molecule has 7 heteroatoms. The molecule has 0 fully saturated rings. The lowest BCUT2D eigenvalue weighted by molar-refractivity contribution is -0.145. The van der Waals surface area contributed by atoms with E-state index >= 15 is 0 Å². The van der Waals surface area contributed by atoms with Crippen LogP contribution in [0.2, 0.25) is 0 Å². The van der Waals surface area contributed by atoms with Gasteiger partial charge in [0.2, 0.25) is 5.91 Å². The number of amides is 1. The van der Waals surface area contributed by atoms with E-state index in [4.69, 9.17) is 4.74 Å². The Hall–Kier alpha value is -1.63. The minimum atomic E-state index is -0.917. The number of carbonyl (C=O) groups is 2. The summed E-state index contributed by atoms with van der Waals surface area (Å²) in [6.07, 6.45) is 0. The van der Waals surface area contributed by atoms with E-state index in [2.05, 4.69) is 26.0 Å². The van der Waals surface area contributed by atoms with Gasteiger partial charge in [0.15, 0.2) is 6.04 Å². The molecule has 0 saturated heterocycles. The van der Waals surface area contributed by atoms with Crippen molar-refractivity contribution in [2.24, 2.45) is 0 Å². The van der Waals surface area contributed by atoms with Crippen LogP contribution in [0.4, 0.5) is 4.39 Å². The highest BCUT2D eigenvalue weighted by Crippen LogP contribution is 2.25. The van der Waals surface area contributed by atoms with Crippen LogP contribution in [0.1, 0.15) is 6.92 Å². The average molecular weight is 334 g/mol. The van der Waals surface area contributed by atoms with Gasteiger partial charge >= 0.3 is 5.97 Å². The number of rotatable bonds is 5. The summed E-state index contributed by atoms with van der Waals surface area (Å²) in [6.45, 7) is 1.17. The van der Waals surface area contributed by atoms with Crippen molar-refractivity contribution in [2.45, 2.75) is 13.0 Å². The third-order valence-electron chi connectivity index (χ3n) is 2.16. The fourth-order valence-corrected chi connectivity index (χ4v) is 1.79. The summed E-state index contributed by atoms with van der Waals surface area (Å²) in [7, 11) is 1.21. The summed E-state index contributed by atoms with van der Waals surface area (Å²) in [5.74, 6) is -1.04. The van der Waals surface area contributed by atoms with Crippen LogP contribution in [0.25, 0.3) is 0 Å². The Kier molecular flexibility index (Phi) is 5.75. The van der Waals surface area contributed by atoms with Gasteiger partial charge in [-0.2, -0.15) is 0 Å². The number of methoxy groups -OCH3 is 1. The predicted octanol–water partition coefficient (Wildman–Crippen LogP) is 1.64. The summed E-state index contributed by atoms with van der Waals surface area (Å²) in [5, 5.41) is 2.40. The minimum Gasteiger partial charge on any atom is -0.490 e. The fraction of sp³-hybridized carbons (Fsp3) is 0.333. The second-order valence-electron chi connectivity index (χ2n) is 3.66. The summed E-state index contributed by atoms with van der Waals surface area (Å²) in [4.78, 5) is 22.4. The number of halogens is 2. The molecular formula is C12H13BrFNO4. The molecule has 0 aliphatic rings. The Balaban J connectivity index is 2.70. The first kappa shape index (κ1) is 15.4. The van der Waals surface area contributed by atoms with Gasteiger partial charge in [0.05, 0.1) is 11.6 Å². The maximum atomic E-state index is 12.9. The average Bonchev–Trinajstić information content (AvgIpc) is 2.34. The van der Waals surface area contributed by atoms with Crippen LogP contribution < -0.4 is 10.1 Å². The summed E-state index contributed by atoms with van der Waals surface area (Å²) >= 11 is 3.13. The molecule has 0 heterocycles. The summed E-state index contributed by atoms with van der Waals surface area (Å²) in [6, 6.07) is 2.97. The largest absolute Gasteiger partial charge is 0.490 e. The molecule has 1 rings (SSSR count). The zero-order chi connectivity index (χ0) is 14.4. The van der Waals surface area contributed by atoms with E-state index in [1.165, 1.54) is 32.2 Å². The van der Waals surface area contributed by atoms with Gasteiger partial charge in [-0.1, -0.05) is 0 Å². The van der Waals surface area contributed by atoms with Crippen LogP contribution in [0.3, 0.4) is 0 Å². The van der Waals surface area contributed by atoms with Crippen LogP contribution >= 0.6 is 15.9 Å². The van der Waals surface area contributed by atoms with Crippen LogP contribution in [0.5, 0.6) is 5.75 Å². The molecule has 1 amide bonds. The third kappa shape index (κ3) is 4.86. The Bertz CT molecular complexity index is 481. The second-order valence-corrected chi connectivity index (χ2v) is 4.52. The first-order valence-corrected chi connectivity index (χ1v) is 6.16. The minimum absolute atomic E-state index is 0.115. The number of ether oxygens (including phenoxy) is 2. The van der Waals surface area contributed by atoms with E-state index in [9.17, 15) is 14.0 Å². The van der Waals surface area contributed by atoms with Gasteiger partial charge in [0, 0.05) is 6.92 Å². The van der Waals surface area contributed by atoms with Crippen molar-refractivity contribution >= 4 is 27.8 Å². The number of hydrogen-bond acceptors (Lipinski definition) is 4. The normalized spacial score (nSPS) is 11.6. The first-order valence-electron chi connectivity index (χ1n) is 5.37. The van der Waals surface area contributed by atoms with Crippen LogP contribution in [0.15, 0.2) is 22.7 Å². The zero-order valence-electron chi connectivity index (χ0n) is 10.4. The van der Waals surface area contributed by atoms with Crippen molar-refractivity contribution in [2.75, 3.05) is 13.7 Å². The van der Waals surface area contributed by atoms with Gasteiger partial charge in [-0.15, -0.1) is 0 Å². The molecule has 0 saturated carbocycles. The number of benzene rings is 1. The van der Waals surface area contributed by atoms with Crippen molar-refractivity contribution in [1.29, 1.82) is 0 Å². The molecule has 1 aromatic rings. The molecule has 1 N–H and O–H groups in total. The molecule has 0 aliphatic carbocycles. The van der Waals surface area contributed by atoms with E-state index < -0.39 is 17.8 Å². The lowest BCUT2D eigenvalue weighted by Crippen LogP contribution is -2.44. The SMILES string of the molecule is COC(=O)C(COc1ccc(F)cc1Br)NC(C)=O. The van der Waals surface area contributed by atoms with Crippen LogP contribution in [-0.4, -0.2) is 31.6 Å². The van der Waals surface area contributed by atoms with Crippen molar-refractivity contribution in [3.05, 3.63) is 28.5 Å². The van der Waals surface area contributed by atoms with Crippen molar-refractivity contribution in [1.82, 2.24) is 5.32 Å². The van der Waals surface area contributed by atoms with E-state index in [0.29, 0.717) is 10.2 Å². The summed E-state index contributed by atoms with van der Waals surface area (Å²) in [5.41, 5.74) is 0. The second kappa shape index (κ2) is 7.08. The molecule has 0 aliphatic heterocycles. The molecule has 0 radical (unpaired) electrons. The van der Waals surface area contributed by atoms with Crippen LogP contribution in [0, 0.1) is 5.82 Å². The summed E-state index contributed by atoms with van der Waals surface area (Å²) < 4.78 is 23.2. The molecule has 1 unspecified atom stereocenters. The van der Waals surface area contributed by atoms with Crippen LogP contribution in [-0.2, 0) is 14.3 Å². The molecule has 0 bridgehead atoms. The molecule has 5 nitrogen and oxygen atoms in total. The molecule has 104 valence electrons. The van der Waals surface area contributed by atoms with Crippen molar-refractivity contribution in [3.8, 4) is 5.75 Å². The van der Waals surface area contributed by atoms with Gasteiger partial charge in [-0.3, -0.25) is 4.79 Å². The molecule has 0 aromatic heterocycles. The molecule has 19 heavy (non-hydrogen) atoms. The maximum Gasteiger partial charge on any atom is 0.331 e. The third-order valence-corrected chi connectivity index (χ3v) is 2.78. The van der Waals surface area contributed by atoms with E-state index in [-0.39, 0.29) is 12.5 Å². The number of hydrogen-bond donors (Lipinski definition) is 1. The highest BCUT2D eigenvalue weighted by molar-refractivity contribution is 9.10.